The van der Waals surface area contributed by atoms with Crippen LogP contribution in [0.2, 0.25) is 6.32 Å². The molecule has 1 fully saturated rings. The highest BCUT2D eigenvalue weighted by Gasteiger charge is 2.13. The van der Waals surface area contributed by atoms with Crippen LogP contribution in [0.3, 0.4) is 0 Å². The van der Waals surface area contributed by atoms with E-state index < -0.39 is 0 Å². The van der Waals surface area contributed by atoms with Crippen LogP contribution in [0.15, 0.2) is 11.3 Å². The number of hydrogen-bond acceptors (Lipinski definition) is 1. The zero-order valence-electron chi connectivity index (χ0n) is 4.98. The number of hydrogen-bond donors (Lipinski definition) is 1. The average Bonchev–Trinajstić information content (AvgIpc) is 2.45. The largest absolute Gasteiger partial charge is 0.402 e. The van der Waals surface area contributed by atoms with Gasteiger partial charge in [0.1, 0.15) is 0 Å². The van der Waals surface area contributed by atoms with Gasteiger partial charge < -0.3 is 5.73 Å². The minimum Gasteiger partial charge on any atom is -0.402 e. The molecule has 1 rings (SSSR count). The van der Waals surface area contributed by atoms with Crippen LogP contribution in [0.1, 0.15) is 19.3 Å². The maximum atomic E-state index is 5.59. The molecule has 2 radical (unpaired) electrons. The zero-order valence-corrected chi connectivity index (χ0v) is 4.98. The van der Waals surface area contributed by atoms with Crippen LogP contribution < -0.4 is 5.73 Å². The fourth-order valence-electron chi connectivity index (χ4n) is 0.716. The first-order valence-electron chi connectivity index (χ1n) is 3.01. The van der Waals surface area contributed by atoms with Gasteiger partial charge >= 0.3 is 0 Å². The van der Waals surface area contributed by atoms with Crippen LogP contribution >= 0.6 is 0 Å². The van der Waals surface area contributed by atoms with E-state index in [1.807, 2.05) is 0 Å². The number of nitrogens with two attached hydrogens (primary N) is 1. The third-order valence-electron chi connectivity index (χ3n) is 1.37. The normalized spacial score (nSPS) is 16.2. The van der Waals surface area contributed by atoms with Gasteiger partial charge in [0.05, 0.1) is 7.85 Å². The monoisotopic (exact) mass is 107 g/mol. The predicted octanol–water partition coefficient (Wildman–Crippen LogP) is 0.970. The Kier molecular flexibility index (Phi) is 1.61. The van der Waals surface area contributed by atoms with Crippen molar-refractivity contribution in [1.82, 2.24) is 0 Å². The second-order valence-electron chi connectivity index (χ2n) is 2.17. The first-order chi connectivity index (χ1) is 3.84. The molecule has 0 aromatic rings. The van der Waals surface area contributed by atoms with Crippen molar-refractivity contribution in [3.05, 3.63) is 11.3 Å². The van der Waals surface area contributed by atoms with Crippen molar-refractivity contribution in [3.63, 3.8) is 0 Å². The van der Waals surface area contributed by atoms with E-state index in [0.717, 1.165) is 12.1 Å². The Morgan fingerprint density at radius 2 is 2.25 bits per heavy atom. The molecule has 1 aliphatic rings. The minimum atomic E-state index is 0.690. The highest BCUT2D eigenvalue weighted by molar-refractivity contribution is 6.08. The summed E-state index contributed by atoms with van der Waals surface area (Å²) in [5, 5.41) is 0. The van der Waals surface area contributed by atoms with E-state index >= 15 is 0 Å². The fraction of sp³-hybridized carbons (Fsp3) is 0.667. The molecule has 0 atom stereocenters. The van der Waals surface area contributed by atoms with Gasteiger partial charge in [-0.15, -0.1) is 0 Å². The van der Waals surface area contributed by atoms with Crippen molar-refractivity contribution in [3.8, 4) is 0 Å². The van der Waals surface area contributed by atoms with Crippen LogP contribution in [-0.4, -0.2) is 7.85 Å². The van der Waals surface area contributed by atoms with Crippen molar-refractivity contribution in [1.29, 1.82) is 0 Å². The fourth-order valence-corrected chi connectivity index (χ4v) is 0.716. The van der Waals surface area contributed by atoms with Crippen molar-refractivity contribution in [2.24, 2.45) is 5.73 Å². The lowest BCUT2D eigenvalue weighted by Crippen LogP contribution is -1.95. The molecule has 0 spiro atoms. The summed E-state index contributed by atoms with van der Waals surface area (Å²) in [6.45, 7) is 0. The maximum absolute atomic E-state index is 5.59. The van der Waals surface area contributed by atoms with Gasteiger partial charge in [-0.25, -0.2) is 0 Å². The smallest absolute Gasteiger partial charge is 0.0658 e. The molecule has 0 heterocycles. The summed E-state index contributed by atoms with van der Waals surface area (Å²) in [6.07, 6.45) is 4.00. The minimum absolute atomic E-state index is 0.690. The van der Waals surface area contributed by atoms with E-state index in [-0.39, 0.29) is 0 Å². The van der Waals surface area contributed by atoms with E-state index in [1.165, 1.54) is 18.4 Å². The molecule has 1 saturated carbocycles. The summed E-state index contributed by atoms with van der Waals surface area (Å²) in [5.74, 6) is 0. The molecule has 2 heteroatoms. The molecule has 42 valence electrons. The van der Waals surface area contributed by atoms with E-state index in [0.29, 0.717) is 6.32 Å². The summed E-state index contributed by atoms with van der Waals surface area (Å²) in [7, 11) is 5.28. The third kappa shape index (κ3) is 1.29. The molecule has 0 unspecified atom stereocenters. The van der Waals surface area contributed by atoms with Gasteiger partial charge in [0.2, 0.25) is 0 Å². The third-order valence-corrected chi connectivity index (χ3v) is 1.37. The Labute approximate surface area is 51.4 Å². The van der Waals surface area contributed by atoms with Gasteiger partial charge in [-0.05, 0) is 19.3 Å². The lowest BCUT2D eigenvalue weighted by molar-refractivity contribution is 1.05. The van der Waals surface area contributed by atoms with Crippen molar-refractivity contribution >= 4 is 7.85 Å². The predicted molar refractivity (Wildman–Crippen MR) is 35.6 cm³/mol. The van der Waals surface area contributed by atoms with Crippen molar-refractivity contribution in [2.75, 3.05) is 0 Å². The van der Waals surface area contributed by atoms with Crippen LogP contribution in [0.25, 0.3) is 0 Å². The Bertz CT molecular complexity index is 112. The molecule has 0 aromatic carbocycles. The molecular weight excluding hydrogens is 96.9 g/mol. The molecule has 1 aliphatic carbocycles. The molecule has 2 N–H and O–H groups in total. The summed E-state index contributed by atoms with van der Waals surface area (Å²) < 4.78 is 0. The number of rotatable bonds is 2. The van der Waals surface area contributed by atoms with Gasteiger partial charge in [-0.1, -0.05) is 11.9 Å². The van der Waals surface area contributed by atoms with Gasteiger partial charge in [0.25, 0.3) is 0 Å². The van der Waals surface area contributed by atoms with Crippen LogP contribution in [0.5, 0.6) is 0 Å². The number of allylic oxidation sites excluding steroid dienone is 2. The van der Waals surface area contributed by atoms with Gasteiger partial charge in [-0.2, -0.15) is 0 Å². The van der Waals surface area contributed by atoms with Gasteiger partial charge in [-0.3, -0.25) is 0 Å². The second-order valence-corrected chi connectivity index (χ2v) is 2.17. The lowest BCUT2D eigenvalue weighted by atomic mass is 10.0. The van der Waals surface area contributed by atoms with Gasteiger partial charge in [0, 0.05) is 5.70 Å². The Morgan fingerprint density at radius 1 is 1.62 bits per heavy atom. The lowest BCUT2D eigenvalue weighted by Gasteiger charge is -1.93. The zero-order chi connectivity index (χ0) is 5.98. The summed E-state index contributed by atoms with van der Waals surface area (Å²) >= 11 is 0. The first-order valence-corrected chi connectivity index (χ1v) is 3.01. The highest BCUT2D eigenvalue weighted by Crippen LogP contribution is 2.30. The molecule has 1 nitrogen and oxygen atoms in total. The summed E-state index contributed by atoms with van der Waals surface area (Å²) in [6, 6.07) is 0. The van der Waals surface area contributed by atoms with E-state index in [4.69, 9.17) is 13.6 Å². The summed E-state index contributed by atoms with van der Waals surface area (Å²) in [4.78, 5) is 0. The van der Waals surface area contributed by atoms with Crippen molar-refractivity contribution < 1.29 is 0 Å². The van der Waals surface area contributed by atoms with E-state index in [1.54, 1.807) is 0 Å². The second kappa shape index (κ2) is 2.25. The molecule has 0 bridgehead atoms. The van der Waals surface area contributed by atoms with Crippen molar-refractivity contribution in [2.45, 2.75) is 25.6 Å². The van der Waals surface area contributed by atoms with Gasteiger partial charge in [0.15, 0.2) is 0 Å². The molecule has 0 aliphatic heterocycles. The Morgan fingerprint density at radius 3 is 2.62 bits per heavy atom. The maximum Gasteiger partial charge on any atom is 0.0658 e. The quantitative estimate of drug-likeness (QED) is 0.522. The van der Waals surface area contributed by atoms with Crippen LogP contribution in [0, 0.1) is 0 Å². The Balaban J connectivity index is 2.33. The van der Waals surface area contributed by atoms with Crippen LogP contribution in [0.4, 0.5) is 0 Å². The van der Waals surface area contributed by atoms with E-state index in [2.05, 4.69) is 0 Å². The molecule has 0 amide bonds. The molecule has 0 saturated heterocycles. The van der Waals surface area contributed by atoms with E-state index in [9.17, 15) is 0 Å². The Hall–Kier alpha value is -0.395. The topological polar surface area (TPSA) is 26.0 Å². The standard InChI is InChI=1S/C6H10BN/c7-4-3-6(8)5-1-2-5/h1-4,8H2. The SMILES string of the molecule is [B]CCC(N)=C1CC1. The molecule has 8 heavy (non-hydrogen) atoms. The average molecular weight is 107 g/mol. The molecule has 0 aromatic heterocycles. The highest BCUT2D eigenvalue weighted by atomic mass is 14.6. The summed E-state index contributed by atoms with van der Waals surface area (Å²) in [5.41, 5.74) is 8.05. The van der Waals surface area contributed by atoms with Crippen LogP contribution in [-0.2, 0) is 0 Å². The first kappa shape index (κ1) is 5.74. The molecular formula is C6H10BN.